The highest BCUT2D eigenvalue weighted by molar-refractivity contribution is 7.60. The van der Waals surface area contributed by atoms with Crippen molar-refractivity contribution in [2.75, 3.05) is 19.6 Å². The van der Waals surface area contributed by atoms with E-state index in [2.05, 4.69) is 17.1 Å². The molecule has 2 heterocycles. The largest absolute Gasteiger partial charge is 0.314 e. The van der Waals surface area contributed by atoms with Gasteiger partial charge in [-0.2, -0.15) is 13.2 Å². The molecule has 2 N–H and O–H groups in total. The SMILES string of the molecule is CCC1CNC[C@@H]2C[C@H](F)CN12.N=S(=O)=O. The van der Waals surface area contributed by atoms with Crippen molar-refractivity contribution in [1.82, 2.24) is 10.2 Å². The molecule has 1 unspecified atom stereocenters. The van der Waals surface area contributed by atoms with E-state index in [-0.39, 0.29) is 0 Å². The highest BCUT2D eigenvalue weighted by Crippen LogP contribution is 2.25. The number of hydrogen-bond acceptors (Lipinski definition) is 5. The van der Waals surface area contributed by atoms with Gasteiger partial charge in [0.25, 0.3) is 0 Å². The van der Waals surface area contributed by atoms with Crippen LogP contribution in [0.15, 0.2) is 0 Å². The molecule has 5 nitrogen and oxygen atoms in total. The van der Waals surface area contributed by atoms with Crippen LogP contribution in [-0.4, -0.2) is 51.2 Å². The smallest absolute Gasteiger partial charge is 0.308 e. The molecule has 2 saturated heterocycles. The van der Waals surface area contributed by atoms with Gasteiger partial charge in [-0.05, 0) is 12.8 Å². The predicted octanol–water partition coefficient (Wildman–Crippen LogP) is 0.408. The van der Waals surface area contributed by atoms with E-state index in [0.29, 0.717) is 18.6 Å². The van der Waals surface area contributed by atoms with Crippen molar-refractivity contribution in [3.05, 3.63) is 0 Å². The standard InChI is InChI=1S/C9H17FN2.HNO2S/c1-2-8-4-11-5-9-3-7(10)6-12(8)9;1-4(2)3/h7-9,11H,2-6H2,1H3;1H/t7-,8?,9-;/m0./s1. The highest BCUT2D eigenvalue weighted by atomic mass is 32.2. The molecule has 7 heteroatoms. The van der Waals surface area contributed by atoms with E-state index in [1.807, 2.05) is 0 Å². The van der Waals surface area contributed by atoms with Crippen molar-refractivity contribution < 1.29 is 12.8 Å². The summed E-state index contributed by atoms with van der Waals surface area (Å²) in [5.41, 5.74) is 0. The van der Waals surface area contributed by atoms with Crippen molar-refractivity contribution in [3.63, 3.8) is 0 Å². The minimum atomic E-state index is -2.61. The van der Waals surface area contributed by atoms with Crippen LogP contribution in [0.25, 0.3) is 0 Å². The highest BCUT2D eigenvalue weighted by Gasteiger charge is 2.37. The van der Waals surface area contributed by atoms with Crippen molar-refractivity contribution in [2.45, 2.75) is 38.0 Å². The van der Waals surface area contributed by atoms with Crippen molar-refractivity contribution >= 4 is 10.5 Å². The van der Waals surface area contributed by atoms with Crippen molar-refractivity contribution in [3.8, 4) is 0 Å². The Kier molecular flexibility index (Phi) is 5.30. The lowest BCUT2D eigenvalue weighted by Gasteiger charge is -2.37. The van der Waals surface area contributed by atoms with E-state index in [1.165, 1.54) is 0 Å². The number of fused-ring (bicyclic) bond motifs is 1. The molecule has 0 amide bonds. The summed E-state index contributed by atoms with van der Waals surface area (Å²) in [5, 5.41) is 3.37. The number of halogens is 1. The third kappa shape index (κ3) is 3.80. The molecule has 94 valence electrons. The second-order valence-corrected chi connectivity index (χ2v) is 4.61. The normalized spacial score (nSPS) is 33.8. The van der Waals surface area contributed by atoms with Gasteiger partial charge in [0.2, 0.25) is 0 Å². The summed E-state index contributed by atoms with van der Waals surface area (Å²) in [6, 6.07) is 1.04. The van der Waals surface area contributed by atoms with Gasteiger partial charge in [-0.15, -0.1) is 0 Å². The first-order valence-corrected chi connectivity index (χ1v) is 6.53. The van der Waals surface area contributed by atoms with E-state index in [9.17, 15) is 4.39 Å². The van der Waals surface area contributed by atoms with Gasteiger partial charge in [-0.3, -0.25) is 4.90 Å². The van der Waals surface area contributed by atoms with Crippen LogP contribution >= 0.6 is 0 Å². The molecule has 2 aliphatic rings. The molecule has 2 aliphatic heterocycles. The van der Waals surface area contributed by atoms with Crippen LogP contribution in [0.2, 0.25) is 0 Å². The summed E-state index contributed by atoms with van der Waals surface area (Å²) in [7, 11) is -2.61. The Morgan fingerprint density at radius 2 is 2.12 bits per heavy atom. The first-order valence-electron chi connectivity index (χ1n) is 5.45. The van der Waals surface area contributed by atoms with Crippen LogP contribution in [0, 0.1) is 4.78 Å². The Hall–Kier alpha value is -0.530. The van der Waals surface area contributed by atoms with E-state index >= 15 is 0 Å². The van der Waals surface area contributed by atoms with Crippen molar-refractivity contribution in [2.24, 2.45) is 0 Å². The fraction of sp³-hybridized carbons (Fsp3) is 1.00. The van der Waals surface area contributed by atoms with Crippen molar-refractivity contribution in [1.29, 1.82) is 4.78 Å². The van der Waals surface area contributed by atoms with E-state index in [1.54, 1.807) is 0 Å². The molecular weight excluding hydrogens is 233 g/mol. The topological polar surface area (TPSA) is 73.3 Å². The predicted molar refractivity (Wildman–Crippen MR) is 58.6 cm³/mol. The van der Waals surface area contributed by atoms with Gasteiger partial charge in [0.1, 0.15) is 6.17 Å². The number of hydrogen-bond donors (Lipinski definition) is 2. The van der Waals surface area contributed by atoms with Gasteiger partial charge in [-0.25, -0.2) is 4.39 Å². The quantitative estimate of drug-likeness (QED) is 0.708. The molecule has 0 aromatic carbocycles. The summed E-state index contributed by atoms with van der Waals surface area (Å²) >= 11 is 0. The van der Waals surface area contributed by atoms with E-state index in [0.717, 1.165) is 25.9 Å². The summed E-state index contributed by atoms with van der Waals surface area (Å²) in [6.07, 6.45) is 1.30. The fourth-order valence-corrected chi connectivity index (χ4v) is 2.44. The number of alkyl halides is 1. The van der Waals surface area contributed by atoms with E-state index in [4.69, 9.17) is 13.2 Å². The zero-order valence-corrected chi connectivity index (χ0v) is 10.1. The van der Waals surface area contributed by atoms with Gasteiger partial charge in [0.15, 0.2) is 0 Å². The molecular formula is C9H18FN3O2S. The van der Waals surface area contributed by atoms with Gasteiger partial charge in [0.05, 0.1) is 0 Å². The van der Waals surface area contributed by atoms with Gasteiger partial charge in [-0.1, -0.05) is 6.92 Å². The molecule has 16 heavy (non-hydrogen) atoms. The average Bonchev–Trinajstić information content (AvgIpc) is 2.56. The first kappa shape index (κ1) is 13.5. The molecule has 0 aromatic rings. The maximum Gasteiger partial charge on any atom is 0.308 e. The maximum atomic E-state index is 13.1. The van der Waals surface area contributed by atoms with Gasteiger partial charge in [0, 0.05) is 31.7 Å². The van der Waals surface area contributed by atoms with E-state index < -0.39 is 16.7 Å². The lowest BCUT2D eigenvalue weighted by Crippen LogP contribution is -2.54. The third-order valence-electron chi connectivity index (χ3n) is 3.11. The Morgan fingerprint density at radius 3 is 2.69 bits per heavy atom. The summed E-state index contributed by atoms with van der Waals surface area (Å²) in [5.74, 6) is 0. The number of rotatable bonds is 1. The third-order valence-corrected chi connectivity index (χ3v) is 3.11. The molecule has 0 saturated carbocycles. The van der Waals surface area contributed by atoms with Crippen LogP contribution in [0.1, 0.15) is 19.8 Å². The van der Waals surface area contributed by atoms with Crippen LogP contribution < -0.4 is 5.32 Å². The molecule has 0 aliphatic carbocycles. The molecule has 0 bridgehead atoms. The molecule has 2 rings (SSSR count). The average molecular weight is 251 g/mol. The van der Waals surface area contributed by atoms with Gasteiger partial charge >= 0.3 is 10.5 Å². The molecule has 0 aromatic heterocycles. The second kappa shape index (κ2) is 6.27. The monoisotopic (exact) mass is 251 g/mol. The lowest BCUT2D eigenvalue weighted by molar-refractivity contribution is 0.130. The second-order valence-electron chi connectivity index (χ2n) is 4.14. The Bertz CT molecular complexity index is 308. The zero-order chi connectivity index (χ0) is 12.1. The lowest BCUT2D eigenvalue weighted by atomic mass is 10.1. The Labute approximate surface area is 96.5 Å². The van der Waals surface area contributed by atoms with Crippen LogP contribution in [0.4, 0.5) is 4.39 Å². The minimum Gasteiger partial charge on any atom is -0.314 e. The molecule has 3 atom stereocenters. The summed E-state index contributed by atoms with van der Waals surface area (Å²) in [4.78, 5) is 2.35. The van der Waals surface area contributed by atoms with Crippen LogP contribution in [-0.2, 0) is 10.5 Å². The first-order chi connectivity index (χ1) is 7.54. The molecule has 0 spiro atoms. The summed E-state index contributed by atoms with van der Waals surface area (Å²) in [6.45, 7) is 4.88. The molecule has 2 fully saturated rings. The van der Waals surface area contributed by atoms with Gasteiger partial charge < -0.3 is 5.32 Å². The zero-order valence-electron chi connectivity index (χ0n) is 9.32. The number of nitrogens with one attached hydrogen (secondary N) is 2. The molecule has 0 radical (unpaired) electrons. The fourth-order valence-electron chi connectivity index (χ4n) is 2.44. The number of nitrogens with zero attached hydrogens (tertiary/aromatic N) is 1. The minimum absolute atomic E-state index is 0.471. The number of piperazine rings is 1. The van der Waals surface area contributed by atoms with Crippen LogP contribution in [0.3, 0.4) is 0 Å². The summed E-state index contributed by atoms with van der Waals surface area (Å²) < 4.78 is 35.9. The Balaban J connectivity index is 0.000000280. The van der Waals surface area contributed by atoms with Crippen LogP contribution in [0.5, 0.6) is 0 Å². The Morgan fingerprint density at radius 1 is 1.50 bits per heavy atom. The maximum absolute atomic E-state index is 13.1.